The molecule has 0 aromatic carbocycles. The van der Waals surface area contributed by atoms with Gasteiger partial charge in [0.15, 0.2) is 0 Å². The van der Waals surface area contributed by atoms with Gasteiger partial charge in [-0.05, 0) is 76.9 Å². The highest BCUT2D eigenvalue weighted by molar-refractivity contribution is 7.85. The minimum absolute atomic E-state index is 0.274. The van der Waals surface area contributed by atoms with E-state index in [-0.39, 0.29) is 6.42 Å². The Labute approximate surface area is 157 Å². The zero-order valence-electron chi connectivity index (χ0n) is 14.2. The summed E-state index contributed by atoms with van der Waals surface area (Å²) in [4.78, 5) is 10.1. The summed E-state index contributed by atoms with van der Waals surface area (Å²) in [5.74, 6) is -0.708. The van der Waals surface area contributed by atoms with E-state index in [2.05, 4.69) is 21.0 Å². The van der Waals surface area contributed by atoms with Gasteiger partial charge in [0, 0.05) is 6.42 Å². The van der Waals surface area contributed by atoms with E-state index in [0.717, 1.165) is 38.4 Å². The van der Waals surface area contributed by atoms with E-state index in [1.165, 1.54) is 11.1 Å². The van der Waals surface area contributed by atoms with E-state index in [9.17, 15) is 13.2 Å². The van der Waals surface area contributed by atoms with Gasteiger partial charge in [0.2, 0.25) is 0 Å². The number of carbonyl (C=O) groups is 1. The molecule has 0 bridgehead atoms. The third-order valence-corrected chi connectivity index (χ3v) is 5.23. The quantitative estimate of drug-likeness (QED) is 0.474. The number of carboxylic acids is 1. The van der Waals surface area contributed by atoms with Crippen LogP contribution in [0, 0.1) is 0 Å². The van der Waals surface area contributed by atoms with Crippen molar-refractivity contribution in [3.63, 3.8) is 0 Å². The summed E-state index contributed by atoms with van der Waals surface area (Å²) < 4.78 is 25.8. The Hall–Kier alpha value is -1.22. The van der Waals surface area contributed by atoms with Crippen molar-refractivity contribution in [2.75, 3.05) is 12.9 Å². The van der Waals surface area contributed by atoms with Crippen LogP contribution in [0.3, 0.4) is 0 Å². The van der Waals surface area contributed by atoms with E-state index >= 15 is 0 Å². The van der Waals surface area contributed by atoms with Crippen LogP contribution in [0.2, 0.25) is 0 Å². The second-order valence-corrected chi connectivity index (χ2v) is 8.70. The Morgan fingerprint density at radius 3 is 2.04 bits per heavy atom. The largest absolute Gasteiger partial charge is 0.481 e. The number of rotatable bonds is 10. The van der Waals surface area contributed by atoms with Crippen LogP contribution in [0.25, 0.3) is 0 Å². The van der Waals surface area contributed by atoms with Crippen molar-refractivity contribution in [1.29, 1.82) is 0 Å². The SMILES string of the molecule is CS(=O)(=O)OCCCCc1ccsc1.O=C(O)CCCc1ccsc1. The molecule has 25 heavy (non-hydrogen) atoms. The number of unbranched alkanes of at least 4 members (excludes halogenated alkanes) is 1. The van der Waals surface area contributed by atoms with Gasteiger partial charge >= 0.3 is 5.97 Å². The molecule has 2 rings (SSSR count). The Bertz CT molecular complexity index is 676. The van der Waals surface area contributed by atoms with Gasteiger partial charge in [0.1, 0.15) is 0 Å². The Morgan fingerprint density at radius 2 is 1.60 bits per heavy atom. The Kier molecular flexibility index (Phi) is 10.6. The Morgan fingerprint density at radius 1 is 1.04 bits per heavy atom. The first-order valence-corrected chi connectivity index (χ1v) is 11.7. The highest BCUT2D eigenvalue weighted by Gasteiger charge is 2.00. The molecule has 5 nitrogen and oxygen atoms in total. The fourth-order valence-corrected chi connectivity index (χ4v) is 3.78. The molecule has 0 aliphatic carbocycles. The summed E-state index contributed by atoms with van der Waals surface area (Å²) in [5.41, 5.74) is 2.56. The van der Waals surface area contributed by atoms with Gasteiger partial charge in [0.05, 0.1) is 12.9 Å². The predicted molar refractivity (Wildman–Crippen MR) is 103 cm³/mol. The number of hydrogen-bond donors (Lipinski definition) is 1. The van der Waals surface area contributed by atoms with Crippen LogP contribution >= 0.6 is 22.7 Å². The van der Waals surface area contributed by atoms with Crippen molar-refractivity contribution in [3.8, 4) is 0 Å². The van der Waals surface area contributed by atoms with Gasteiger partial charge in [-0.15, -0.1) is 0 Å². The number of carboxylic acid groups (broad SMARTS) is 1. The second kappa shape index (κ2) is 12.2. The first-order valence-electron chi connectivity index (χ1n) is 7.95. The molecule has 0 unspecified atom stereocenters. The fourth-order valence-electron chi connectivity index (χ4n) is 1.96. The summed E-state index contributed by atoms with van der Waals surface area (Å²) in [6.07, 6.45) is 5.72. The standard InChI is InChI=1S/C9H14O3S2.C8H10O2S/c1-14(10,11)12-6-3-2-4-9-5-7-13-8-9;9-8(10)3-1-2-7-4-5-11-6-7/h5,7-8H,2-4,6H2,1H3;4-6H,1-3H2,(H,9,10). The molecule has 2 heterocycles. The van der Waals surface area contributed by atoms with E-state index in [1.54, 1.807) is 22.7 Å². The molecule has 140 valence electrons. The molecular weight excluding hydrogens is 380 g/mol. The summed E-state index contributed by atoms with van der Waals surface area (Å²) >= 11 is 3.33. The maximum absolute atomic E-state index is 10.6. The lowest BCUT2D eigenvalue weighted by Crippen LogP contribution is -2.04. The molecular formula is C17H24O5S3. The van der Waals surface area contributed by atoms with E-state index < -0.39 is 16.1 Å². The summed E-state index contributed by atoms with van der Waals surface area (Å²) in [6, 6.07) is 4.12. The molecule has 0 spiro atoms. The van der Waals surface area contributed by atoms with Crippen LogP contribution in [0.15, 0.2) is 33.7 Å². The van der Waals surface area contributed by atoms with Crippen LogP contribution in [0.5, 0.6) is 0 Å². The van der Waals surface area contributed by atoms with Gasteiger partial charge < -0.3 is 5.11 Å². The molecule has 0 fully saturated rings. The van der Waals surface area contributed by atoms with Crippen molar-refractivity contribution in [3.05, 3.63) is 44.8 Å². The van der Waals surface area contributed by atoms with Gasteiger partial charge in [-0.1, -0.05) is 0 Å². The third-order valence-electron chi connectivity index (χ3n) is 3.17. The summed E-state index contributed by atoms with van der Waals surface area (Å²) in [7, 11) is -3.26. The van der Waals surface area contributed by atoms with Crippen molar-refractivity contribution < 1.29 is 22.5 Å². The predicted octanol–water partition coefficient (Wildman–Crippen LogP) is 4.20. The lowest BCUT2D eigenvalue weighted by molar-refractivity contribution is -0.137. The van der Waals surface area contributed by atoms with Crippen molar-refractivity contribution in [2.24, 2.45) is 0 Å². The Balaban J connectivity index is 0.000000257. The molecule has 0 saturated heterocycles. The van der Waals surface area contributed by atoms with Gasteiger partial charge in [-0.3, -0.25) is 8.98 Å². The molecule has 0 aliphatic heterocycles. The number of aliphatic carboxylic acids is 1. The van der Waals surface area contributed by atoms with E-state index in [1.807, 2.05) is 16.8 Å². The lowest BCUT2D eigenvalue weighted by atomic mass is 10.1. The average Bonchev–Trinajstić information content (AvgIpc) is 3.19. The van der Waals surface area contributed by atoms with Crippen molar-refractivity contribution in [2.45, 2.75) is 38.5 Å². The molecule has 0 radical (unpaired) electrons. The maximum atomic E-state index is 10.6. The smallest absolute Gasteiger partial charge is 0.303 e. The molecule has 8 heteroatoms. The second-order valence-electron chi connectivity index (χ2n) is 5.49. The lowest BCUT2D eigenvalue weighted by Gasteiger charge is -2.00. The fraction of sp³-hybridized carbons (Fsp3) is 0.471. The minimum atomic E-state index is -3.26. The average molecular weight is 405 g/mol. The van der Waals surface area contributed by atoms with Crippen molar-refractivity contribution in [1.82, 2.24) is 0 Å². The van der Waals surface area contributed by atoms with E-state index in [4.69, 9.17) is 5.11 Å². The topological polar surface area (TPSA) is 80.7 Å². The third kappa shape index (κ3) is 12.7. The van der Waals surface area contributed by atoms with E-state index in [0.29, 0.717) is 6.61 Å². The first kappa shape index (κ1) is 21.8. The maximum Gasteiger partial charge on any atom is 0.303 e. The van der Waals surface area contributed by atoms with Gasteiger partial charge in [0.25, 0.3) is 10.1 Å². The highest BCUT2D eigenvalue weighted by Crippen LogP contribution is 2.10. The van der Waals surface area contributed by atoms with Crippen LogP contribution in [0.1, 0.15) is 36.8 Å². The normalized spacial score (nSPS) is 10.9. The van der Waals surface area contributed by atoms with Crippen LogP contribution < -0.4 is 0 Å². The van der Waals surface area contributed by atoms with Crippen molar-refractivity contribution >= 4 is 38.8 Å². The minimum Gasteiger partial charge on any atom is -0.481 e. The highest BCUT2D eigenvalue weighted by atomic mass is 32.2. The monoisotopic (exact) mass is 404 g/mol. The molecule has 2 aromatic heterocycles. The number of aryl methyl sites for hydroxylation is 2. The molecule has 0 saturated carbocycles. The molecule has 0 amide bonds. The zero-order valence-corrected chi connectivity index (χ0v) is 16.7. The first-order chi connectivity index (χ1) is 11.9. The van der Waals surface area contributed by atoms with Crippen LogP contribution in [-0.2, 0) is 31.9 Å². The molecule has 2 aromatic rings. The van der Waals surface area contributed by atoms with Crippen LogP contribution in [-0.4, -0.2) is 32.4 Å². The molecule has 0 aliphatic rings. The number of hydrogen-bond acceptors (Lipinski definition) is 6. The number of thiophene rings is 2. The molecule has 1 N–H and O–H groups in total. The summed E-state index contributed by atoms with van der Waals surface area (Å²) in [5, 5.41) is 16.6. The van der Waals surface area contributed by atoms with Gasteiger partial charge in [-0.25, -0.2) is 0 Å². The van der Waals surface area contributed by atoms with Gasteiger partial charge in [-0.2, -0.15) is 31.1 Å². The molecule has 0 atom stereocenters. The summed E-state index contributed by atoms with van der Waals surface area (Å²) in [6.45, 7) is 0.295. The van der Waals surface area contributed by atoms with Crippen LogP contribution in [0.4, 0.5) is 0 Å². The zero-order chi connectivity index (χ0) is 18.5.